The van der Waals surface area contributed by atoms with Crippen molar-refractivity contribution in [1.82, 2.24) is 39.8 Å². The van der Waals surface area contributed by atoms with Gasteiger partial charge in [0.05, 0.1) is 42.9 Å². The molecule has 17 heteroatoms. The van der Waals surface area contributed by atoms with Crippen molar-refractivity contribution in [3.05, 3.63) is 189 Å². The Morgan fingerprint density at radius 1 is 0.627 bits per heavy atom. The molecule has 0 spiro atoms. The Morgan fingerprint density at radius 2 is 1.14 bits per heavy atom. The van der Waals surface area contributed by atoms with Crippen LogP contribution in [0.4, 0.5) is 0 Å². The van der Waals surface area contributed by atoms with Crippen LogP contribution in [0.25, 0.3) is 28.1 Å². The normalized spacial score (nSPS) is 15.7. The first kappa shape index (κ1) is 59.4. The van der Waals surface area contributed by atoms with Crippen LogP contribution < -0.4 is 5.46 Å². The highest BCUT2D eigenvalue weighted by Crippen LogP contribution is 2.38. The van der Waals surface area contributed by atoms with Gasteiger partial charge in [0.2, 0.25) is 0 Å². The summed E-state index contributed by atoms with van der Waals surface area (Å²) >= 11 is 0. The molecule has 16 nitrogen and oxygen atoms in total. The molecule has 0 N–H and O–H groups in total. The van der Waals surface area contributed by atoms with Gasteiger partial charge in [0, 0.05) is 62.4 Å². The van der Waals surface area contributed by atoms with E-state index in [-0.39, 0.29) is 54.4 Å². The van der Waals surface area contributed by atoms with E-state index >= 15 is 0 Å². The average molecular weight is 1120 g/mol. The number of fused-ring (bicyclic) bond motifs is 4. The quantitative estimate of drug-likeness (QED) is 0.0682. The van der Waals surface area contributed by atoms with Crippen LogP contribution in [0.5, 0.6) is 0 Å². The summed E-state index contributed by atoms with van der Waals surface area (Å²) in [7, 11) is 2.40. The maximum atomic E-state index is 13.2. The fourth-order valence-electron chi connectivity index (χ4n) is 11.1. The Kier molecular flexibility index (Phi) is 18.5. The van der Waals surface area contributed by atoms with Crippen molar-refractivity contribution >= 4 is 64.5 Å². The van der Waals surface area contributed by atoms with Crippen LogP contribution in [0.3, 0.4) is 0 Å². The molecule has 3 aliphatic rings. The average Bonchev–Trinajstić information content (AvgIpc) is 3.86. The van der Waals surface area contributed by atoms with Crippen molar-refractivity contribution in [1.29, 1.82) is 0 Å². The van der Waals surface area contributed by atoms with E-state index in [9.17, 15) is 19.2 Å². The van der Waals surface area contributed by atoms with Crippen molar-refractivity contribution in [2.24, 2.45) is 0 Å². The van der Waals surface area contributed by atoms with Gasteiger partial charge in [-0.15, -0.1) is 10.2 Å². The first-order chi connectivity index (χ1) is 39.9. The van der Waals surface area contributed by atoms with Crippen LogP contribution in [0.2, 0.25) is 0 Å². The Balaban J connectivity index is 0.000000159. The van der Waals surface area contributed by atoms with E-state index in [1.807, 2.05) is 126 Å². The van der Waals surface area contributed by atoms with Gasteiger partial charge in [-0.3, -0.25) is 14.4 Å². The molecule has 0 radical (unpaired) electrons. The maximum Gasteiger partial charge on any atom is 0.494 e. The van der Waals surface area contributed by atoms with Crippen LogP contribution in [-0.2, 0) is 67.4 Å². The monoisotopic (exact) mass is 1120 g/mol. The number of carbonyl (C=O) groups excluding carboxylic acids is 4. The minimum Gasteiger partial charge on any atom is -0.469 e. The third-order valence-corrected chi connectivity index (χ3v) is 16.6. The van der Waals surface area contributed by atoms with E-state index in [1.165, 1.54) is 37.0 Å². The van der Waals surface area contributed by atoms with Gasteiger partial charge in [-0.05, 0) is 179 Å². The Bertz CT molecular complexity index is 3650. The molecule has 2 aromatic heterocycles. The molecule has 8 aromatic rings. The van der Waals surface area contributed by atoms with Gasteiger partial charge in [0.15, 0.2) is 0 Å². The molecule has 430 valence electrons. The molecular formula is C66H75BN8O8. The van der Waals surface area contributed by atoms with Crippen molar-refractivity contribution in [2.75, 3.05) is 27.3 Å². The van der Waals surface area contributed by atoms with Gasteiger partial charge >= 0.3 is 19.1 Å². The van der Waals surface area contributed by atoms with Crippen LogP contribution in [-0.4, -0.2) is 109 Å². The SMILES string of the molecule is CC1(C)OB(c2ccc3c(c2)CN(C(=O)c2ccccc2)CCC3)OC1(C)C.CCn1nnc2c(C)c(/C=C/C(=O)OC)ccc21.CCn1nnc2c(C)c(C(CC(=O)OC)c3ccc4c(c3)CN(C(=O)c3ccccc3)CCC4)ccc21. The fraction of sp³-hybridized carbons (Fsp3) is 0.364. The van der Waals surface area contributed by atoms with Crippen LogP contribution in [0.15, 0.2) is 127 Å². The summed E-state index contributed by atoms with van der Waals surface area (Å²) in [5.41, 5.74) is 15.4. The number of methoxy groups -OCH3 is 2. The number of benzene rings is 6. The summed E-state index contributed by atoms with van der Waals surface area (Å²) in [4.78, 5) is 53.7. The van der Waals surface area contributed by atoms with Gasteiger partial charge in [0.25, 0.3) is 11.8 Å². The molecule has 6 aromatic carbocycles. The van der Waals surface area contributed by atoms with E-state index in [2.05, 4.69) is 95.5 Å². The lowest BCUT2D eigenvalue weighted by molar-refractivity contribution is -0.141. The van der Waals surface area contributed by atoms with Crippen molar-refractivity contribution in [2.45, 2.75) is 131 Å². The number of aryl methyl sites for hydroxylation is 6. The van der Waals surface area contributed by atoms with Gasteiger partial charge in [-0.25, -0.2) is 14.2 Å². The second-order valence-corrected chi connectivity index (χ2v) is 22.3. The lowest BCUT2D eigenvalue weighted by Gasteiger charge is -2.32. The van der Waals surface area contributed by atoms with E-state index in [1.54, 1.807) is 6.08 Å². The highest BCUT2D eigenvalue weighted by Gasteiger charge is 2.51. The van der Waals surface area contributed by atoms with Gasteiger partial charge in [-0.1, -0.05) is 95.4 Å². The number of carbonyl (C=O) groups is 4. The first-order valence-electron chi connectivity index (χ1n) is 28.7. The predicted molar refractivity (Wildman–Crippen MR) is 323 cm³/mol. The second-order valence-electron chi connectivity index (χ2n) is 22.3. The smallest absolute Gasteiger partial charge is 0.469 e. The standard InChI is InChI=1S/C30H32N4O3.C23H28BNO3.C13H15N3O2/c1-4-34-27-15-14-25(20(2)29(27)31-32-34)26(18-28(35)37-3)23-13-12-21-11-8-16-33(19-24(21)17-23)30(36)22-9-6-5-7-10-22;1-22(2)23(3,4)28-24(27-22)20-13-12-17-11-8-14-25(16-19(17)15-20)21(26)18-9-6-5-7-10-18;1-4-16-11-7-5-10(6-8-12(17)18-3)9(2)13(11)14-15-16/h5-7,9-10,12-15,17,26H,4,8,11,16,18-19H2,1-3H3;5-7,9-10,12-13,15H,8,11,14,16H2,1-4H3;5-8H,4H2,1-3H3/b;;8-6+. The highest BCUT2D eigenvalue weighted by molar-refractivity contribution is 6.62. The highest BCUT2D eigenvalue weighted by atomic mass is 16.7. The van der Waals surface area contributed by atoms with Gasteiger partial charge in [-0.2, -0.15) is 0 Å². The number of aromatic nitrogens is 6. The molecule has 2 amide bonds. The Hall–Kier alpha value is -8.28. The third kappa shape index (κ3) is 13.2. The lowest BCUT2D eigenvalue weighted by Crippen LogP contribution is -2.41. The molecule has 0 bridgehead atoms. The van der Waals surface area contributed by atoms with Crippen molar-refractivity contribution < 1.29 is 38.0 Å². The zero-order chi connectivity index (χ0) is 59.0. The number of hydrogen-bond donors (Lipinski definition) is 0. The summed E-state index contributed by atoms with van der Waals surface area (Å²) < 4.78 is 25.8. The lowest BCUT2D eigenvalue weighted by atomic mass is 9.77. The second kappa shape index (κ2) is 25.9. The maximum absolute atomic E-state index is 13.2. The summed E-state index contributed by atoms with van der Waals surface area (Å²) in [6, 6.07) is 39.9. The number of amides is 2. The minimum absolute atomic E-state index is 0.0465. The van der Waals surface area contributed by atoms with Crippen LogP contribution in [0.1, 0.15) is 138 Å². The summed E-state index contributed by atoms with van der Waals surface area (Å²) in [6.45, 7) is 20.5. The molecular weight excluding hydrogens is 1040 g/mol. The Morgan fingerprint density at radius 3 is 1.67 bits per heavy atom. The largest absolute Gasteiger partial charge is 0.494 e. The molecule has 1 atom stereocenters. The number of esters is 2. The molecule has 1 fully saturated rings. The number of ether oxygens (including phenoxy) is 2. The van der Waals surface area contributed by atoms with Gasteiger partial charge < -0.3 is 28.6 Å². The molecule has 0 aliphatic carbocycles. The molecule has 11 rings (SSSR count). The van der Waals surface area contributed by atoms with E-state index in [0.717, 1.165) is 112 Å². The number of hydrogen-bond acceptors (Lipinski definition) is 12. The van der Waals surface area contributed by atoms with Gasteiger partial charge in [0.1, 0.15) is 11.0 Å². The fourth-order valence-corrected chi connectivity index (χ4v) is 11.1. The van der Waals surface area contributed by atoms with E-state index < -0.39 is 0 Å². The van der Waals surface area contributed by atoms with E-state index in [0.29, 0.717) is 25.2 Å². The molecule has 1 saturated heterocycles. The molecule has 83 heavy (non-hydrogen) atoms. The molecule has 5 heterocycles. The topological polar surface area (TPSA) is 173 Å². The first-order valence-corrected chi connectivity index (χ1v) is 28.7. The molecule has 3 aliphatic heterocycles. The zero-order valence-electron chi connectivity index (χ0n) is 49.5. The number of rotatable bonds is 11. The zero-order valence-corrected chi connectivity index (χ0v) is 49.5. The van der Waals surface area contributed by atoms with E-state index in [4.69, 9.17) is 14.0 Å². The van der Waals surface area contributed by atoms with Crippen LogP contribution >= 0.6 is 0 Å². The van der Waals surface area contributed by atoms with Crippen molar-refractivity contribution in [3.8, 4) is 0 Å². The summed E-state index contributed by atoms with van der Waals surface area (Å²) in [5, 5.41) is 16.9. The Labute approximate surface area is 486 Å². The molecule has 1 unspecified atom stereocenters. The third-order valence-electron chi connectivity index (χ3n) is 16.6. The molecule has 0 saturated carbocycles. The summed E-state index contributed by atoms with van der Waals surface area (Å²) in [5.74, 6) is -0.695. The summed E-state index contributed by atoms with van der Waals surface area (Å²) in [6.07, 6.45) is 7.14. The van der Waals surface area contributed by atoms with Crippen molar-refractivity contribution in [3.63, 3.8) is 0 Å². The number of nitrogens with zero attached hydrogens (tertiary/aromatic N) is 8. The minimum atomic E-state index is -0.378. The van der Waals surface area contributed by atoms with Crippen LogP contribution in [0, 0.1) is 13.8 Å². The predicted octanol–water partition coefficient (Wildman–Crippen LogP) is 10.6.